The van der Waals surface area contributed by atoms with E-state index in [2.05, 4.69) is 21.7 Å². The SMILES string of the molecule is CCN(CC)C(=O)c1ccc(CNC(=NC)NCC2Cc3ccccc3O2)cc1. The smallest absolute Gasteiger partial charge is 0.253 e. The minimum absolute atomic E-state index is 0.0737. The van der Waals surface area contributed by atoms with Gasteiger partial charge in [-0.25, -0.2) is 0 Å². The lowest BCUT2D eigenvalue weighted by Gasteiger charge is -2.19. The number of hydrogen-bond donors (Lipinski definition) is 2. The van der Waals surface area contributed by atoms with Gasteiger partial charge < -0.3 is 20.3 Å². The van der Waals surface area contributed by atoms with E-state index in [-0.39, 0.29) is 12.0 Å². The highest BCUT2D eigenvalue weighted by atomic mass is 16.5. The molecule has 1 amide bonds. The number of carbonyl (C=O) groups is 1. The summed E-state index contributed by atoms with van der Waals surface area (Å²) in [5.74, 6) is 1.78. The number of nitrogens with zero attached hydrogens (tertiary/aromatic N) is 2. The first-order valence-corrected chi connectivity index (χ1v) is 10.2. The van der Waals surface area contributed by atoms with Crippen LogP contribution in [-0.2, 0) is 13.0 Å². The average molecular weight is 395 g/mol. The molecule has 0 spiro atoms. The third kappa shape index (κ3) is 5.28. The monoisotopic (exact) mass is 394 g/mol. The third-order valence-electron chi connectivity index (χ3n) is 5.15. The van der Waals surface area contributed by atoms with Crippen molar-refractivity contribution in [3.05, 3.63) is 65.2 Å². The Morgan fingerprint density at radius 3 is 2.48 bits per heavy atom. The summed E-state index contributed by atoms with van der Waals surface area (Å²) in [7, 11) is 1.76. The minimum atomic E-state index is 0.0737. The molecule has 0 bridgehead atoms. The van der Waals surface area contributed by atoms with Crippen LogP contribution in [-0.4, -0.2) is 49.6 Å². The van der Waals surface area contributed by atoms with Crippen LogP contribution in [0.25, 0.3) is 0 Å². The number of fused-ring (bicyclic) bond motifs is 1. The number of guanidine groups is 1. The summed E-state index contributed by atoms with van der Waals surface area (Å²) in [6, 6.07) is 15.9. The number of hydrogen-bond acceptors (Lipinski definition) is 3. The van der Waals surface area contributed by atoms with Gasteiger partial charge in [0.1, 0.15) is 11.9 Å². The average Bonchev–Trinajstić information content (AvgIpc) is 3.18. The van der Waals surface area contributed by atoms with Gasteiger partial charge in [0.05, 0.1) is 6.54 Å². The Hall–Kier alpha value is -3.02. The van der Waals surface area contributed by atoms with Crippen molar-refractivity contribution < 1.29 is 9.53 Å². The predicted molar refractivity (Wildman–Crippen MR) is 116 cm³/mol. The van der Waals surface area contributed by atoms with Crippen molar-refractivity contribution >= 4 is 11.9 Å². The second-order valence-electron chi connectivity index (χ2n) is 7.03. The van der Waals surface area contributed by atoms with E-state index < -0.39 is 0 Å². The fraction of sp³-hybridized carbons (Fsp3) is 0.391. The van der Waals surface area contributed by atoms with E-state index in [9.17, 15) is 4.79 Å². The molecule has 0 aromatic heterocycles. The lowest BCUT2D eigenvalue weighted by molar-refractivity contribution is 0.0773. The molecule has 3 rings (SSSR count). The van der Waals surface area contributed by atoms with E-state index in [1.807, 2.05) is 61.2 Å². The van der Waals surface area contributed by atoms with Crippen LogP contribution in [0.1, 0.15) is 35.3 Å². The first-order valence-electron chi connectivity index (χ1n) is 10.2. The molecule has 1 atom stereocenters. The van der Waals surface area contributed by atoms with Gasteiger partial charge in [0, 0.05) is 38.7 Å². The zero-order valence-corrected chi connectivity index (χ0v) is 17.4. The van der Waals surface area contributed by atoms with Gasteiger partial charge >= 0.3 is 0 Å². The highest BCUT2D eigenvalue weighted by Crippen LogP contribution is 2.27. The van der Waals surface area contributed by atoms with Crippen LogP contribution < -0.4 is 15.4 Å². The molecular weight excluding hydrogens is 364 g/mol. The maximum absolute atomic E-state index is 12.4. The molecule has 0 radical (unpaired) electrons. The number of nitrogens with one attached hydrogen (secondary N) is 2. The van der Waals surface area contributed by atoms with E-state index in [4.69, 9.17) is 4.74 Å². The Bertz CT molecular complexity index is 819. The maximum Gasteiger partial charge on any atom is 0.253 e. The number of carbonyl (C=O) groups excluding carboxylic acids is 1. The predicted octanol–water partition coefficient (Wildman–Crippen LogP) is 2.84. The van der Waals surface area contributed by atoms with E-state index in [1.165, 1.54) is 5.56 Å². The molecule has 1 heterocycles. The summed E-state index contributed by atoms with van der Waals surface area (Å²) in [6.45, 7) is 6.74. The molecule has 6 nitrogen and oxygen atoms in total. The lowest BCUT2D eigenvalue weighted by atomic mass is 10.1. The van der Waals surface area contributed by atoms with Gasteiger partial charge in [-0.15, -0.1) is 0 Å². The number of benzene rings is 2. The highest BCUT2D eigenvalue weighted by molar-refractivity contribution is 5.94. The molecule has 2 aromatic carbocycles. The molecule has 0 fully saturated rings. The normalized spacial score (nSPS) is 15.4. The van der Waals surface area contributed by atoms with Crippen molar-refractivity contribution in [1.82, 2.24) is 15.5 Å². The summed E-state index contributed by atoms with van der Waals surface area (Å²) in [6.07, 6.45) is 1.01. The number of aliphatic imine (C=N–C) groups is 1. The fourth-order valence-electron chi connectivity index (χ4n) is 3.44. The molecule has 2 aromatic rings. The summed E-state index contributed by atoms with van der Waals surface area (Å²) >= 11 is 0. The molecule has 0 aliphatic carbocycles. The zero-order valence-electron chi connectivity index (χ0n) is 17.4. The standard InChI is InChI=1S/C23H30N4O2/c1-4-27(5-2)22(28)18-12-10-17(11-13-18)15-25-23(24-3)26-16-20-14-19-8-6-7-9-21(19)29-20/h6-13,20H,4-5,14-16H2,1-3H3,(H2,24,25,26). The molecule has 6 heteroatoms. The largest absolute Gasteiger partial charge is 0.488 e. The fourth-order valence-corrected chi connectivity index (χ4v) is 3.44. The molecule has 1 aliphatic heterocycles. The molecule has 2 N–H and O–H groups in total. The van der Waals surface area contributed by atoms with E-state index >= 15 is 0 Å². The van der Waals surface area contributed by atoms with Crippen LogP contribution in [0.2, 0.25) is 0 Å². The summed E-state index contributed by atoms with van der Waals surface area (Å²) < 4.78 is 5.96. The van der Waals surface area contributed by atoms with Crippen LogP contribution in [0.3, 0.4) is 0 Å². The van der Waals surface area contributed by atoms with Gasteiger partial charge in [0.2, 0.25) is 0 Å². The van der Waals surface area contributed by atoms with Gasteiger partial charge in [-0.2, -0.15) is 0 Å². The lowest BCUT2D eigenvalue weighted by Crippen LogP contribution is -2.41. The second kappa shape index (κ2) is 9.96. The van der Waals surface area contributed by atoms with Crippen molar-refractivity contribution in [3.8, 4) is 5.75 Å². The van der Waals surface area contributed by atoms with Crippen LogP contribution in [0.15, 0.2) is 53.5 Å². The summed E-state index contributed by atoms with van der Waals surface area (Å²) in [5, 5.41) is 6.64. The van der Waals surface area contributed by atoms with Crippen LogP contribution >= 0.6 is 0 Å². The Labute approximate surface area is 173 Å². The summed E-state index contributed by atoms with van der Waals surface area (Å²) in [4.78, 5) is 18.5. The van der Waals surface area contributed by atoms with Crippen molar-refractivity contribution in [2.75, 3.05) is 26.7 Å². The molecule has 1 aliphatic rings. The molecule has 0 saturated heterocycles. The minimum Gasteiger partial charge on any atom is -0.488 e. The van der Waals surface area contributed by atoms with Gasteiger partial charge in [0.15, 0.2) is 5.96 Å². The molecular formula is C23H30N4O2. The van der Waals surface area contributed by atoms with Crippen molar-refractivity contribution in [2.45, 2.75) is 32.9 Å². The van der Waals surface area contributed by atoms with E-state index in [0.717, 1.165) is 42.3 Å². The summed E-state index contributed by atoms with van der Waals surface area (Å²) in [5.41, 5.74) is 3.06. The number of ether oxygens (including phenoxy) is 1. The molecule has 29 heavy (non-hydrogen) atoms. The number of rotatable bonds is 7. The van der Waals surface area contributed by atoms with Crippen LogP contribution in [0.4, 0.5) is 0 Å². The Kier molecular flexibility index (Phi) is 7.11. The Balaban J connectivity index is 1.47. The topological polar surface area (TPSA) is 66.0 Å². The molecule has 154 valence electrons. The Morgan fingerprint density at radius 1 is 1.10 bits per heavy atom. The van der Waals surface area contributed by atoms with Crippen LogP contribution in [0, 0.1) is 0 Å². The Morgan fingerprint density at radius 2 is 1.83 bits per heavy atom. The first kappa shape index (κ1) is 20.7. The van der Waals surface area contributed by atoms with Crippen molar-refractivity contribution in [1.29, 1.82) is 0 Å². The third-order valence-corrected chi connectivity index (χ3v) is 5.15. The van der Waals surface area contributed by atoms with E-state index in [1.54, 1.807) is 7.05 Å². The van der Waals surface area contributed by atoms with Gasteiger partial charge in [0.25, 0.3) is 5.91 Å². The maximum atomic E-state index is 12.4. The van der Waals surface area contributed by atoms with E-state index in [0.29, 0.717) is 13.1 Å². The molecule has 1 unspecified atom stereocenters. The number of amides is 1. The molecule has 0 saturated carbocycles. The van der Waals surface area contributed by atoms with Gasteiger partial charge in [-0.05, 0) is 43.2 Å². The van der Waals surface area contributed by atoms with Crippen molar-refractivity contribution in [2.24, 2.45) is 4.99 Å². The zero-order chi connectivity index (χ0) is 20.6. The first-order chi connectivity index (χ1) is 14.1. The second-order valence-corrected chi connectivity index (χ2v) is 7.03. The van der Waals surface area contributed by atoms with Crippen LogP contribution in [0.5, 0.6) is 5.75 Å². The highest BCUT2D eigenvalue weighted by Gasteiger charge is 2.22. The quantitative estimate of drug-likeness (QED) is 0.560. The van der Waals surface area contributed by atoms with Crippen molar-refractivity contribution in [3.63, 3.8) is 0 Å². The van der Waals surface area contributed by atoms with Gasteiger partial charge in [-0.3, -0.25) is 9.79 Å². The number of para-hydroxylation sites is 1. The van der Waals surface area contributed by atoms with Gasteiger partial charge in [-0.1, -0.05) is 30.3 Å².